The molecule has 112 valence electrons. The summed E-state index contributed by atoms with van der Waals surface area (Å²) in [4.78, 5) is 16.1. The Bertz CT molecular complexity index is 669. The largest absolute Gasteiger partial charge is 0.490 e. The van der Waals surface area contributed by atoms with Gasteiger partial charge >= 0.3 is 5.69 Å². The molecule has 0 amide bonds. The van der Waals surface area contributed by atoms with Crippen molar-refractivity contribution in [3.8, 4) is 5.75 Å². The number of hydrogen-bond acceptors (Lipinski definition) is 6. The fourth-order valence-corrected chi connectivity index (χ4v) is 3.12. The van der Waals surface area contributed by atoms with Crippen LogP contribution in [0.15, 0.2) is 18.2 Å². The standard InChI is InChI=1S/C14H17N3O3S/c1-8-14(21-10(3)15-8)9(2)16-11-5-6-13(20-4)12(7-11)17(18)19/h5-7,9,16H,1-4H3. The number of hydrogen-bond donors (Lipinski definition) is 1. The van der Waals surface area contributed by atoms with E-state index >= 15 is 0 Å². The molecule has 0 saturated carbocycles. The number of aromatic nitrogens is 1. The van der Waals surface area contributed by atoms with Gasteiger partial charge in [-0.3, -0.25) is 10.1 Å². The minimum absolute atomic E-state index is 0.0317. The molecule has 7 heteroatoms. The predicted octanol–water partition coefficient (Wildman–Crippen LogP) is 3.85. The van der Waals surface area contributed by atoms with Crippen LogP contribution in [0.3, 0.4) is 0 Å². The van der Waals surface area contributed by atoms with Crippen LogP contribution in [0.2, 0.25) is 0 Å². The van der Waals surface area contributed by atoms with Crippen molar-refractivity contribution in [2.24, 2.45) is 0 Å². The summed E-state index contributed by atoms with van der Waals surface area (Å²) in [6.07, 6.45) is 0. The van der Waals surface area contributed by atoms with Gasteiger partial charge in [-0.15, -0.1) is 11.3 Å². The van der Waals surface area contributed by atoms with Gasteiger partial charge in [-0.25, -0.2) is 4.98 Å². The van der Waals surface area contributed by atoms with E-state index < -0.39 is 4.92 Å². The second kappa shape index (κ2) is 6.09. The van der Waals surface area contributed by atoms with Crippen LogP contribution >= 0.6 is 11.3 Å². The molecule has 0 spiro atoms. The monoisotopic (exact) mass is 307 g/mol. The van der Waals surface area contributed by atoms with E-state index in [1.54, 1.807) is 23.5 Å². The molecule has 21 heavy (non-hydrogen) atoms. The third kappa shape index (κ3) is 3.30. The van der Waals surface area contributed by atoms with Crippen LogP contribution in [0.5, 0.6) is 5.75 Å². The van der Waals surface area contributed by atoms with Gasteiger partial charge in [-0.2, -0.15) is 0 Å². The van der Waals surface area contributed by atoms with Gasteiger partial charge in [-0.1, -0.05) is 0 Å². The van der Waals surface area contributed by atoms with Crippen molar-refractivity contribution in [1.29, 1.82) is 0 Å². The van der Waals surface area contributed by atoms with Gasteiger partial charge in [0.15, 0.2) is 5.75 Å². The summed E-state index contributed by atoms with van der Waals surface area (Å²) in [5, 5.41) is 15.3. The molecule has 1 aromatic carbocycles. The van der Waals surface area contributed by atoms with E-state index in [0.29, 0.717) is 5.69 Å². The first-order valence-corrected chi connectivity index (χ1v) is 7.27. The predicted molar refractivity (Wildman–Crippen MR) is 83.3 cm³/mol. The van der Waals surface area contributed by atoms with Crippen LogP contribution in [-0.4, -0.2) is 17.0 Å². The second-order valence-corrected chi connectivity index (χ2v) is 5.93. The first-order valence-electron chi connectivity index (χ1n) is 6.45. The number of nitrogens with one attached hydrogen (secondary N) is 1. The maximum Gasteiger partial charge on any atom is 0.312 e. The number of benzene rings is 1. The summed E-state index contributed by atoms with van der Waals surface area (Å²) in [6.45, 7) is 5.94. The zero-order valence-electron chi connectivity index (χ0n) is 12.3. The van der Waals surface area contributed by atoms with Crippen LogP contribution < -0.4 is 10.1 Å². The number of rotatable bonds is 5. The van der Waals surface area contributed by atoms with Crippen molar-refractivity contribution in [3.05, 3.63) is 43.9 Å². The van der Waals surface area contributed by atoms with E-state index in [0.717, 1.165) is 15.6 Å². The number of ether oxygens (including phenoxy) is 1. The zero-order valence-corrected chi connectivity index (χ0v) is 13.2. The summed E-state index contributed by atoms with van der Waals surface area (Å²) >= 11 is 1.63. The minimum atomic E-state index is -0.448. The molecule has 0 aliphatic rings. The highest BCUT2D eigenvalue weighted by Crippen LogP contribution is 2.32. The molecule has 0 bridgehead atoms. The number of methoxy groups -OCH3 is 1. The van der Waals surface area contributed by atoms with Crippen molar-refractivity contribution >= 4 is 22.7 Å². The van der Waals surface area contributed by atoms with E-state index in [4.69, 9.17) is 4.74 Å². The molecule has 0 saturated heterocycles. The fourth-order valence-electron chi connectivity index (χ4n) is 2.19. The van der Waals surface area contributed by atoms with Gasteiger partial charge in [0.2, 0.25) is 0 Å². The first kappa shape index (κ1) is 15.2. The maximum atomic E-state index is 11.0. The van der Waals surface area contributed by atoms with Gasteiger partial charge in [0.25, 0.3) is 0 Å². The van der Waals surface area contributed by atoms with E-state index in [-0.39, 0.29) is 17.5 Å². The molecule has 1 atom stereocenters. The molecular weight excluding hydrogens is 290 g/mol. The van der Waals surface area contributed by atoms with E-state index in [1.165, 1.54) is 13.2 Å². The molecule has 6 nitrogen and oxygen atoms in total. The highest BCUT2D eigenvalue weighted by molar-refractivity contribution is 7.11. The Kier molecular flexibility index (Phi) is 4.42. The Hall–Kier alpha value is -2.15. The Morgan fingerprint density at radius 2 is 2.14 bits per heavy atom. The number of nitro benzene ring substituents is 1. The Morgan fingerprint density at radius 3 is 2.67 bits per heavy atom. The molecule has 0 aliphatic carbocycles. The van der Waals surface area contributed by atoms with Crippen molar-refractivity contribution < 1.29 is 9.66 Å². The van der Waals surface area contributed by atoms with Crippen molar-refractivity contribution in [1.82, 2.24) is 4.98 Å². The Balaban J connectivity index is 2.25. The average molecular weight is 307 g/mol. The molecule has 1 heterocycles. The molecule has 1 N–H and O–H groups in total. The minimum Gasteiger partial charge on any atom is -0.490 e. The molecule has 1 aromatic heterocycles. The zero-order chi connectivity index (χ0) is 15.6. The average Bonchev–Trinajstić information content (AvgIpc) is 2.77. The molecule has 0 fully saturated rings. The van der Waals surface area contributed by atoms with E-state index in [1.807, 2.05) is 20.8 Å². The first-order chi connectivity index (χ1) is 9.92. The molecule has 2 aromatic rings. The molecule has 2 rings (SSSR count). The number of nitrogens with zero attached hydrogens (tertiary/aromatic N) is 2. The van der Waals surface area contributed by atoms with Crippen molar-refractivity contribution in [2.75, 3.05) is 12.4 Å². The summed E-state index contributed by atoms with van der Waals surface area (Å²) in [6, 6.07) is 4.88. The summed E-state index contributed by atoms with van der Waals surface area (Å²) in [5.74, 6) is 0.253. The molecular formula is C14H17N3O3S. The normalized spacial score (nSPS) is 12.0. The highest BCUT2D eigenvalue weighted by Gasteiger charge is 2.17. The summed E-state index contributed by atoms with van der Waals surface area (Å²) in [5.41, 5.74) is 1.62. The smallest absolute Gasteiger partial charge is 0.312 e. The van der Waals surface area contributed by atoms with Crippen LogP contribution in [-0.2, 0) is 0 Å². The van der Waals surface area contributed by atoms with Gasteiger partial charge in [0, 0.05) is 16.6 Å². The molecule has 0 radical (unpaired) electrons. The summed E-state index contributed by atoms with van der Waals surface area (Å²) in [7, 11) is 1.42. The lowest BCUT2D eigenvalue weighted by molar-refractivity contribution is -0.385. The molecule has 0 aliphatic heterocycles. The Labute approximate surface area is 126 Å². The fraction of sp³-hybridized carbons (Fsp3) is 0.357. The highest BCUT2D eigenvalue weighted by atomic mass is 32.1. The lowest BCUT2D eigenvalue weighted by Crippen LogP contribution is -2.07. The quantitative estimate of drug-likeness (QED) is 0.670. The number of anilines is 1. The van der Waals surface area contributed by atoms with Crippen molar-refractivity contribution in [3.63, 3.8) is 0 Å². The maximum absolute atomic E-state index is 11.0. The lowest BCUT2D eigenvalue weighted by Gasteiger charge is -2.14. The SMILES string of the molecule is COc1ccc(NC(C)c2sc(C)nc2C)cc1[N+](=O)[O-]. The van der Waals surface area contributed by atoms with Crippen LogP contribution in [0.1, 0.15) is 28.5 Å². The second-order valence-electron chi connectivity index (χ2n) is 4.69. The molecule has 1 unspecified atom stereocenters. The van der Waals surface area contributed by atoms with Gasteiger partial charge < -0.3 is 10.1 Å². The number of nitro groups is 1. The third-order valence-corrected chi connectivity index (χ3v) is 4.35. The number of aryl methyl sites for hydroxylation is 2. The number of thiazole rings is 1. The Morgan fingerprint density at radius 1 is 1.43 bits per heavy atom. The van der Waals surface area contributed by atoms with Crippen molar-refractivity contribution in [2.45, 2.75) is 26.8 Å². The third-order valence-electron chi connectivity index (χ3n) is 3.09. The summed E-state index contributed by atoms with van der Waals surface area (Å²) < 4.78 is 5.00. The lowest BCUT2D eigenvalue weighted by atomic mass is 10.2. The van der Waals surface area contributed by atoms with Crippen LogP contribution in [0.25, 0.3) is 0 Å². The van der Waals surface area contributed by atoms with E-state index in [2.05, 4.69) is 10.3 Å². The van der Waals surface area contributed by atoms with Crippen LogP contribution in [0.4, 0.5) is 11.4 Å². The topological polar surface area (TPSA) is 77.3 Å². The van der Waals surface area contributed by atoms with Gasteiger partial charge in [-0.05, 0) is 32.9 Å². The van der Waals surface area contributed by atoms with Crippen LogP contribution in [0, 0.1) is 24.0 Å². The van der Waals surface area contributed by atoms with E-state index in [9.17, 15) is 10.1 Å². The van der Waals surface area contributed by atoms with Gasteiger partial charge in [0.05, 0.1) is 28.8 Å². The van der Waals surface area contributed by atoms with Gasteiger partial charge in [0.1, 0.15) is 0 Å².